The molecule has 6 heteroatoms. The highest BCUT2D eigenvalue weighted by Crippen LogP contribution is 2.24. The fraction of sp³-hybridized carbons (Fsp3) is 0.550. The highest BCUT2D eigenvalue weighted by molar-refractivity contribution is 5.95. The van der Waals surface area contributed by atoms with Gasteiger partial charge >= 0.3 is 0 Å². The molecule has 6 nitrogen and oxygen atoms in total. The van der Waals surface area contributed by atoms with Gasteiger partial charge in [0, 0.05) is 30.3 Å². The molecule has 2 aromatic rings. The van der Waals surface area contributed by atoms with E-state index in [1.54, 1.807) is 0 Å². The number of nitrogens with zero attached hydrogens (tertiary/aromatic N) is 3. The predicted octanol–water partition coefficient (Wildman–Crippen LogP) is 3.88. The van der Waals surface area contributed by atoms with E-state index in [2.05, 4.69) is 27.3 Å². The van der Waals surface area contributed by atoms with Gasteiger partial charge in [0.1, 0.15) is 0 Å². The zero-order valence-electron chi connectivity index (χ0n) is 16.9. The van der Waals surface area contributed by atoms with Crippen molar-refractivity contribution in [1.29, 1.82) is 0 Å². The number of anilines is 1. The monoisotopic (exact) mass is 358 g/mol. The summed E-state index contributed by atoms with van der Waals surface area (Å²) in [5.74, 6) is 0.856. The summed E-state index contributed by atoms with van der Waals surface area (Å²) in [5.41, 5.74) is 0.731. The van der Waals surface area contributed by atoms with E-state index in [0.717, 1.165) is 18.7 Å². The maximum absolute atomic E-state index is 12.6. The summed E-state index contributed by atoms with van der Waals surface area (Å²) in [6.45, 7) is 12.9. The van der Waals surface area contributed by atoms with E-state index >= 15 is 0 Å². The average molecular weight is 358 g/mol. The molecule has 0 spiro atoms. The molecule has 0 saturated heterocycles. The number of rotatable bonds is 6. The minimum absolute atomic E-state index is 0.165. The maximum Gasteiger partial charge on any atom is 0.252 e. The fourth-order valence-corrected chi connectivity index (χ4v) is 2.53. The number of carbonyl (C=O) groups is 1. The third kappa shape index (κ3) is 4.62. The van der Waals surface area contributed by atoms with E-state index in [-0.39, 0.29) is 11.3 Å². The van der Waals surface area contributed by atoms with Crippen LogP contribution in [-0.2, 0) is 11.0 Å². The first-order valence-corrected chi connectivity index (χ1v) is 9.03. The number of amides is 1. The van der Waals surface area contributed by atoms with Gasteiger partial charge in [0.15, 0.2) is 5.82 Å². The molecule has 0 atom stereocenters. The van der Waals surface area contributed by atoms with Crippen LogP contribution in [0, 0.1) is 0 Å². The smallest absolute Gasteiger partial charge is 0.252 e. The molecule has 1 amide bonds. The lowest BCUT2D eigenvalue weighted by molar-refractivity contribution is 0.0907. The van der Waals surface area contributed by atoms with Gasteiger partial charge in [-0.2, -0.15) is 4.98 Å². The van der Waals surface area contributed by atoms with E-state index in [4.69, 9.17) is 4.52 Å². The van der Waals surface area contributed by atoms with Gasteiger partial charge in [-0.15, -0.1) is 0 Å². The second-order valence-electron chi connectivity index (χ2n) is 8.22. The quantitative estimate of drug-likeness (QED) is 0.848. The van der Waals surface area contributed by atoms with Crippen molar-refractivity contribution < 1.29 is 9.32 Å². The molecular weight excluding hydrogens is 328 g/mol. The van der Waals surface area contributed by atoms with Crippen LogP contribution in [0.4, 0.5) is 5.69 Å². The zero-order chi connectivity index (χ0) is 19.5. The van der Waals surface area contributed by atoms with E-state index in [1.165, 1.54) is 0 Å². The summed E-state index contributed by atoms with van der Waals surface area (Å²) >= 11 is 0. The van der Waals surface area contributed by atoms with Gasteiger partial charge in [-0.3, -0.25) is 4.79 Å². The van der Waals surface area contributed by atoms with Gasteiger partial charge in [0.2, 0.25) is 5.89 Å². The van der Waals surface area contributed by atoms with Gasteiger partial charge < -0.3 is 14.7 Å². The van der Waals surface area contributed by atoms with E-state index in [1.807, 2.05) is 65.9 Å². The van der Waals surface area contributed by atoms with Crippen LogP contribution in [0.1, 0.15) is 70.0 Å². The molecule has 0 aliphatic rings. The Bertz CT molecular complexity index is 742. The minimum atomic E-state index is -0.734. The number of nitrogens with one attached hydrogen (secondary N) is 1. The lowest BCUT2D eigenvalue weighted by Crippen LogP contribution is -2.42. The van der Waals surface area contributed by atoms with Crippen molar-refractivity contribution >= 4 is 11.6 Å². The number of hydrogen-bond acceptors (Lipinski definition) is 5. The fourth-order valence-electron chi connectivity index (χ4n) is 2.53. The van der Waals surface area contributed by atoms with Gasteiger partial charge in [-0.25, -0.2) is 0 Å². The lowest BCUT2D eigenvalue weighted by atomic mass is 9.96. The molecule has 2 rings (SSSR count). The molecule has 1 aromatic heterocycles. The Balaban J connectivity index is 2.11. The third-order valence-electron chi connectivity index (χ3n) is 4.18. The Morgan fingerprint density at radius 2 is 1.77 bits per heavy atom. The molecule has 1 N–H and O–H groups in total. The van der Waals surface area contributed by atoms with Gasteiger partial charge in [0.05, 0.1) is 5.54 Å². The number of benzene rings is 1. The summed E-state index contributed by atoms with van der Waals surface area (Å²) in [6.07, 6.45) is 1.08. The molecule has 0 bridgehead atoms. The molecule has 26 heavy (non-hydrogen) atoms. The molecule has 142 valence electrons. The number of hydrogen-bond donors (Lipinski definition) is 1. The number of aromatic nitrogens is 2. The summed E-state index contributed by atoms with van der Waals surface area (Å²) in [6, 6.07) is 7.60. The van der Waals surface area contributed by atoms with Gasteiger partial charge in [-0.05, 0) is 44.5 Å². The van der Waals surface area contributed by atoms with Crippen LogP contribution in [0.15, 0.2) is 28.8 Å². The molecule has 0 unspecified atom stereocenters. The third-order valence-corrected chi connectivity index (χ3v) is 4.18. The zero-order valence-corrected chi connectivity index (χ0v) is 16.9. The average Bonchev–Trinajstić information content (AvgIpc) is 3.06. The molecular formula is C20H30N4O2. The van der Waals surface area contributed by atoms with Crippen LogP contribution < -0.4 is 10.2 Å². The normalized spacial score (nSPS) is 12.1. The minimum Gasteiger partial charge on any atom is -0.375 e. The second-order valence-corrected chi connectivity index (χ2v) is 8.22. The van der Waals surface area contributed by atoms with Crippen molar-refractivity contribution in [3.05, 3.63) is 41.5 Å². The van der Waals surface area contributed by atoms with Gasteiger partial charge in [-0.1, -0.05) is 32.9 Å². The molecule has 0 fully saturated rings. The largest absolute Gasteiger partial charge is 0.375 e. The van der Waals surface area contributed by atoms with Crippen LogP contribution in [0.3, 0.4) is 0 Å². The van der Waals surface area contributed by atoms with E-state index in [0.29, 0.717) is 17.3 Å². The van der Waals surface area contributed by atoms with Crippen LogP contribution >= 0.6 is 0 Å². The van der Waals surface area contributed by atoms with Crippen molar-refractivity contribution in [2.24, 2.45) is 0 Å². The van der Waals surface area contributed by atoms with Crippen LogP contribution in [0.2, 0.25) is 0 Å². The van der Waals surface area contributed by atoms with Crippen molar-refractivity contribution in [3.63, 3.8) is 0 Å². The second kappa shape index (κ2) is 7.48. The summed E-state index contributed by atoms with van der Waals surface area (Å²) < 4.78 is 5.35. The van der Waals surface area contributed by atoms with Crippen molar-refractivity contribution in [2.75, 3.05) is 18.5 Å². The van der Waals surface area contributed by atoms with Crippen molar-refractivity contribution in [2.45, 2.75) is 58.9 Å². The van der Waals surface area contributed by atoms with Gasteiger partial charge in [0.25, 0.3) is 5.91 Å². The topological polar surface area (TPSA) is 71.3 Å². The lowest BCUT2D eigenvalue weighted by Gasteiger charge is -2.23. The highest BCUT2D eigenvalue weighted by Gasteiger charge is 2.31. The Morgan fingerprint density at radius 3 is 2.27 bits per heavy atom. The first kappa shape index (κ1) is 19.9. The number of carbonyl (C=O) groups excluding carboxylic acids is 1. The Morgan fingerprint density at radius 1 is 1.15 bits per heavy atom. The van der Waals surface area contributed by atoms with Crippen molar-refractivity contribution in [1.82, 2.24) is 15.5 Å². The summed E-state index contributed by atoms with van der Waals surface area (Å²) in [4.78, 5) is 19.3. The molecule has 1 aromatic carbocycles. The summed E-state index contributed by atoms with van der Waals surface area (Å²) in [7, 11) is 2.05. The maximum atomic E-state index is 12.6. The SMILES string of the molecule is CCCN(C)c1ccc(C(=O)NC(C)(C)c2noc(C(C)(C)C)n2)cc1. The van der Waals surface area contributed by atoms with Crippen molar-refractivity contribution in [3.8, 4) is 0 Å². The predicted molar refractivity (Wildman–Crippen MR) is 103 cm³/mol. The first-order chi connectivity index (χ1) is 12.0. The van der Waals surface area contributed by atoms with E-state index < -0.39 is 5.54 Å². The molecule has 0 aliphatic heterocycles. The van der Waals surface area contributed by atoms with Crippen LogP contribution in [-0.4, -0.2) is 29.6 Å². The van der Waals surface area contributed by atoms with E-state index in [9.17, 15) is 4.79 Å². The first-order valence-electron chi connectivity index (χ1n) is 9.03. The summed E-state index contributed by atoms with van der Waals surface area (Å²) in [5, 5.41) is 7.04. The van der Waals surface area contributed by atoms with Crippen LogP contribution in [0.25, 0.3) is 0 Å². The molecule has 0 aliphatic carbocycles. The Kier molecular flexibility index (Phi) is 5.74. The Labute approximate surface area is 156 Å². The standard InChI is InChI=1S/C20H30N4O2/c1-8-13-24(7)15-11-9-14(10-12-15)16(25)22-20(5,6)17-21-18(26-23-17)19(2,3)4/h9-12H,8,13H2,1-7H3,(H,22,25). The Hall–Kier alpha value is -2.37. The molecule has 0 radical (unpaired) electrons. The highest BCUT2D eigenvalue weighted by atomic mass is 16.5. The molecule has 1 heterocycles. The molecule has 0 saturated carbocycles. The van der Waals surface area contributed by atoms with Crippen LogP contribution in [0.5, 0.6) is 0 Å².